The zero-order valence-corrected chi connectivity index (χ0v) is 47.4. The van der Waals surface area contributed by atoms with Gasteiger partial charge in [-0.05, 0) is 44.9 Å². The second kappa shape index (κ2) is 52.2. The second-order valence-electron chi connectivity index (χ2n) is 21.8. The van der Waals surface area contributed by atoms with Crippen molar-refractivity contribution < 1.29 is 49.3 Å². The maximum Gasteiger partial charge on any atom is 0.305 e. The first kappa shape index (κ1) is 69.2. The van der Waals surface area contributed by atoms with Crippen LogP contribution in [0, 0.1) is 0 Å². The number of amides is 1. The highest BCUT2D eigenvalue weighted by molar-refractivity contribution is 5.76. The number of unbranched alkanes of at least 4 members (excludes halogenated alkanes) is 38. The van der Waals surface area contributed by atoms with Gasteiger partial charge in [-0.2, -0.15) is 0 Å². The topological polar surface area (TPSA) is 175 Å². The van der Waals surface area contributed by atoms with Gasteiger partial charge in [0.1, 0.15) is 24.4 Å². The van der Waals surface area contributed by atoms with Crippen molar-refractivity contribution in [3.05, 3.63) is 24.3 Å². The first-order valence-corrected chi connectivity index (χ1v) is 31.1. The fourth-order valence-corrected chi connectivity index (χ4v) is 9.86. The minimum Gasteiger partial charge on any atom is -0.466 e. The van der Waals surface area contributed by atoms with Gasteiger partial charge in [0.25, 0.3) is 0 Å². The first-order valence-electron chi connectivity index (χ1n) is 31.1. The summed E-state index contributed by atoms with van der Waals surface area (Å²) in [6.07, 6.45) is 52.7. The first-order chi connectivity index (χ1) is 35.7. The number of ether oxygens (including phenoxy) is 3. The Kier molecular flexibility index (Phi) is 49.5. The van der Waals surface area contributed by atoms with Crippen molar-refractivity contribution in [3.8, 4) is 0 Å². The summed E-state index contributed by atoms with van der Waals surface area (Å²) in [6, 6.07) is -0.828. The minimum absolute atomic E-state index is 0.00388. The largest absolute Gasteiger partial charge is 0.466 e. The van der Waals surface area contributed by atoms with Gasteiger partial charge in [0.2, 0.25) is 5.91 Å². The summed E-state index contributed by atoms with van der Waals surface area (Å²) in [5.74, 6) is -0.196. The van der Waals surface area contributed by atoms with Crippen molar-refractivity contribution >= 4 is 11.9 Å². The maximum atomic E-state index is 13.0. The lowest BCUT2D eigenvalue weighted by Crippen LogP contribution is -2.60. The predicted octanol–water partition coefficient (Wildman–Crippen LogP) is 14.5. The Labute approximate surface area is 448 Å². The molecule has 11 nitrogen and oxygen atoms in total. The highest BCUT2D eigenvalue weighted by atomic mass is 16.7. The zero-order chi connectivity index (χ0) is 53.1. The van der Waals surface area contributed by atoms with Crippen LogP contribution in [0.1, 0.15) is 296 Å². The van der Waals surface area contributed by atoms with E-state index in [9.17, 15) is 35.1 Å². The predicted molar refractivity (Wildman–Crippen MR) is 301 cm³/mol. The smallest absolute Gasteiger partial charge is 0.305 e. The van der Waals surface area contributed by atoms with Crippen LogP contribution in [0.2, 0.25) is 0 Å². The van der Waals surface area contributed by atoms with Gasteiger partial charge in [0.15, 0.2) is 6.29 Å². The van der Waals surface area contributed by atoms with E-state index in [0.717, 1.165) is 64.2 Å². The Morgan fingerprint density at radius 1 is 0.493 bits per heavy atom. The quantitative estimate of drug-likeness (QED) is 0.0195. The number of carbonyl (C=O) groups excluding carboxylic acids is 2. The minimum atomic E-state index is -1.58. The van der Waals surface area contributed by atoms with Crippen LogP contribution in [0.3, 0.4) is 0 Å². The van der Waals surface area contributed by atoms with Crippen molar-refractivity contribution in [1.29, 1.82) is 0 Å². The van der Waals surface area contributed by atoms with Crippen LogP contribution in [0.15, 0.2) is 24.3 Å². The summed E-state index contributed by atoms with van der Waals surface area (Å²) in [7, 11) is 0. The number of hydrogen-bond acceptors (Lipinski definition) is 10. The average molecular weight is 1040 g/mol. The van der Waals surface area contributed by atoms with Crippen LogP contribution in [0.5, 0.6) is 0 Å². The second-order valence-corrected chi connectivity index (χ2v) is 21.8. The summed E-state index contributed by atoms with van der Waals surface area (Å²) in [5.41, 5.74) is 0. The number of esters is 1. The molecule has 430 valence electrons. The highest BCUT2D eigenvalue weighted by Gasteiger charge is 2.44. The molecule has 6 N–H and O–H groups in total. The lowest BCUT2D eigenvalue weighted by atomic mass is 9.99. The molecule has 1 fully saturated rings. The number of hydrogen-bond donors (Lipinski definition) is 6. The molecule has 0 aromatic carbocycles. The number of allylic oxidation sites excluding steroid dienone is 3. The SMILES string of the molecule is CCCCCCCCCC/C=C/CC/C=C/C(O)C(COC1OC(CO)C(O)C(O)C1O)NC(=O)CCCCCCCCCCCCCCCCCCCCCCOC(=O)CCCCCCCCCCCCC. The van der Waals surface area contributed by atoms with Crippen LogP contribution in [-0.2, 0) is 23.8 Å². The molecule has 0 aromatic heterocycles. The Balaban J connectivity index is 2.08. The fourth-order valence-electron chi connectivity index (χ4n) is 9.86. The number of aliphatic hydroxyl groups excluding tert-OH is 5. The Morgan fingerprint density at radius 2 is 0.890 bits per heavy atom. The molecule has 0 aromatic rings. The molecular formula is C62H117NO10. The van der Waals surface area contributed by atoms with Crippen LogP contribution in [0.25, 0.3) is 0 Å². The van der Waals surface area contributed by atoms with Crippen molar-refractivity contribution in [2.45, 2.75) is 339 Å². The van der Waals surface area contributed by atoms with E-state index in [1.54, 1.807) is 6.08 Å². The Morgan fingerprint density at radius 3 is 1.36 bits per heavy atom. The van der Waals surface area contributed by atoms with Gasteiger partial charge in [0, 0.05) is 12.8 Å². The molecule has 0 aliphatic carbocycles. The summed E-state index contributed by atoms with van der Waals surface area (Å²) in [5, 5.41) is 54.4. The van der Waals surface area contributed by atoms with Crippen molar-refractivity contribution in [2.75, 3.05) is 19.8 Å². The fraction of sp³-hybridized carbons (Fsp3) is 0.903. The molecule has 0 radical (unpaired) electrons. The molecule has 1 aliphatic rings. The van der Waals surface area contributed by atoms with Gasteiger partial charge >= 0.3 is 5.97 Å². The molecule has 7 unspecified atom stereocenters. The lowest BCUT2D eigenvalue weighted by Gasteiger charge is -2.40. The maximum absolute atomic E-state index is 13.0. The van der Waals surface area contributed by atoms with Crippen molar-refractivity contribution in [1.82, 2.24) is 5.32 Å². The molecule has 11 heteroatoms. The van der Waals surface area contributed by atoms with E-state index in [1.165, 1.54) is 205 Å². The third-order valence-corrected chi connectivity index (χ3v) is 14.8. The van der Waals surface area contributed by atoms with Gasteiger partial charge < -0.3 is 45.1 Å². The number of carbonyl (C=O) groups is 2. The lowest BCUT2D eigenvalue weighted by molar-refractivity contribution is -0.302. The van der Waals surface area contributed by atoms with E-state index in [1.807, 2.05) is 6.08 Å². The standard InChI is InChI=1S/C62H117NO10/c1-3-5-7-9-11-13-15-16-25-29-32-36-40-44-48-55(65)54(53-72-62-61(70)60(69)59(68)56(52-64)73-62)63-57(66)49-45-41-37-33-30-26-23-21-19-17-18-20-22-24-27-31-35-39-43-47-51-71-58(67)50-46-42-38-34-28-14-12-10-8-6-4-2/h29,32,44,48,54-56,59-62,64-65,68-70H,3-28,30-31,33-43,45-47,49-53H2,1-2H3,(H,63,66)/b32-29+,48-44+. The van der Waals surface area contributed by atoms with E-state index in [2.05, 4.69) is 31.3 Å². The van der Waals surface area contributed by atoms with Crippen LogP contribution in [-0.4, -0.2) is 100 Å². The number of aliphatic hydroxyl groups is 5. The molecule has 0 saturated carbocycles. The molecule has 1 aliphatic heterocycles. The molecule has 0 bridgehead atoms. The normalized spacial score (nSPS) is 19.0. The molecule has 1 saturated heterocycles. The van der Waals surface area contributed by atoms with Gasteiger partial charge in [-0.15, -0.1) is 0 Å². The van der Waals surface area contributed by atoms with Crippen LogP contribution in [0.4, 0.5) is 0 Å². The molecular weight excluding hydrogens is 919 g/mol. The Hall–Kier alpha value is -1.86. The third kappa shape index (κ3) is 41.9. The van der Waals surface area contributed by atoms with Crippen molar-refractivity contribution in [3.63, 3.8) is 0 Å². The van der Waals surface area contributed by atoms with E-state index in [-0.39, 0.29) is 18.5 Å². The molecule has 0 spiro atoms. The third-order valence-electron chi connectivity index (χ3n) is 14.8. The molecule has 1 amide bonds. The summed E-state index contributed by atoms with van der Waals surface area (Å²) < 4.78 is 16.7. The van der Waals surface area contributed by atoms with Gasteiger partial charge in [-0.25, -0.2) is 0 Å². The van der Waals surface area contributed by atoms with E-state index in [4.69, 9.17) is 14.2 Å². The van der Waals surface area contributed by atoms with Crippen molar-refractivity contribution in [2.24, 2.45) is 0 Å². The highest BCUT2D eigenvalue weighted by Crippen LogP contribution is 2.23. The van der Waals surface area contributed by atoms with Crippen LogP contribution < -0.4 is 5.32 Å². The van der Waals surface area contributed by atoms with Crippen LogP contribution >= 0.6 is 0 Å². The van der Waals surface area contributed by atoms with Gasteiger partial charge in [-0.3, -0.25) is 9.59 Å². The van der Waals surface area contributed by atoms with E-state index >= 15 is 0 Å². The van der Waals surface area contributed by atoms with E-state index < -0.39 is 49.5 Å². The average Bonchev–Trinajstić information content (AvgIpc) is 3.39. The Bertz CT molecular complexity index is 1260. The molecule has 73 heavy (non-hydrogen) atoms. The summed E-state index contributed by atoms with van der Waals surface area (Å²) in [4.78, 5) is 25.1. The molecule has 1 heterocycles. The zero-order valence-electron chi connectivity index (χ0n) is 47.4. The number of rotatable bonds is 54. The van der Waals surface area contributed by atoms with Gasteiger partial charge in [-0.1, -0.05) is 263 Å². The summed E-state index contributed by atoms with van der Waals surface area (Å²) in [6.45, 7) is 4.33. The van der Waals surface area contributed by atoms with Gasteiger partial charge in [0.05, 0.1) is 32.0 Å². The molecule has 1 rings (SSSR count). The summed E-state index contributed by atoms with van der Waals surface area (Å²) >= 11 is 0. The number of nitrogens with one attached hydrogen (secondary N) is 1. The monoisotopic (exact) mass is 1040 g/mol. The molecule has 7 atom stereocenters. The van der Waals surface area contributed by atoms with E-state index in [0.29, 0.717) is 19.4 Å².